The fourth-order valence-corrected chi connectivity index (χ4v) is 4.53. The Bertz CT molecular complexity index is 1120. The van der Waals surface area contributed by atoms with Gasteiger partial charge in [0.2, 0.25) is 0 Å². The number of nitrogens with one attached hydrogen (secondary N) is 2. The first-order valence-corrected chi connectivity index (χ1v) is 12.2. The number of hydrogen-bond donors (Lipinski definition) is 2. The molecule has 0 spiro atoms. The largest absolute Gasteiger partial charge is 0.374 e. The lowest BCUT2D eigenvalue weighted by Gasteiger charge is -2.34. The Labute approximate surface area is 202 Å². The van der Waals surface area contributed by atoms with E-state index in [9.17, 15) is 4.79 Å². The molecule has 0 unspecified atom stereocenters. The van der Waals surface area contributed by atoms with Gasteiger partial charge in [-0.15, -0.1) is 0 Å². The number of aromatic nitrogens is 2. The van der Waals surface area contributed by atoms with Crippen LogP contribution in [0.2, 0.25) is 0 Å². The van der Waals surface area contributed by atoms with Crippen molar-refractivity contribution in [1.82, 2.24) is 19.6 Å². The third kappa shape index (κ3) is 5.78. The van der Waals surface area contributed by atoms with Crippen molar-refractivity contribution in [3.8, 4) is 5.69 Å². The predicted octanol–water partition coefficient (Wildman–Crippen LogP) is 3.67. The Hall–Kier alpha value is -2.87. The second-order valence-electron chi connectivity index (χ2n) is 9.54. The van der Waals surface area contributed by atoms with Gasteiger partial charge in [-0.25, -0.2) is 4.68 Å². The van der Waals surface area contributed by atoms with Gasteiger partial charge in [0.05, 0.1) is 24.1 Å². The summed E-state index contributed by atoms with van der Waals surface area (Å²) in [5.74, 6) is 0.680. The van der Waals surface area contributed by atoms with Crippen molar-refractivity contribution in [2.45, 2.75) is 33.4 Å². The zero-order chi connectivity index (χ0) is 24.1. The molecular formula is C27H37N5O2. The number of para-hydroxylation sites is 1. The minimum absolute atomic E-state index is 0.0593. The van der Waals surface area contributed by atoms with Crippen LogP contribution in [0.4, 0.5) is 11.4 Å². The highest BCUT2D eigenvalue weighted by molar-refractivity contribution is 5.62. The van der Waals surface area contributed by atoms with E-state index in [2.05, 4.69) is 41.5 Å². The molecule has 0 saturated carbocycles. The van der Waals surface area contributed by atoms with Crippen molar-refractivity contribution in [3.05, 3.63) is 76.2 Å². The van der Waals surface area contributed by atoms with Gasteiger partial charge >= 0.3 is 0 Å². The van der Waals surface area contributed by atoms with E-state index in [0.717, 1.165) is 56.4 Å². The van der Waals surface area contributed by atoms with Crippen molar-refractivity contribution in [2.24, 2.45) is 13.0 Å². The van der Waals surface area contributed by atoms with Gasteiger partial charge in [0, 0.05) is 45.5 Å². The van der Waals surface area contributed by atoms with Gasteiger partial charge in [0.25, 0.3) is 5.56 Å². The quantitative estimate of drug-likeness (QED) is 0.507. The molecule has 1 fully saturated rings. The zero-order valence-corrected chi connectivity index (χ0v) is 20.8. The summed E-state index contributed by atoms with van der Waals surface area (Å²) in [7, 11) is 1.90. The van der Waals surface area contributed by atoms with Crippen LogP contribution >= 0.6 is 0 Å². The molecule has 0 aliphatic carbocycles. The van der Waals surface area contributed by atoms with E-state index >= 15 is 0 Å². The molecule has 4 rings (SSSR count). The van der Waals surface area contributed by atoms with Crippen LogP contribution in [0.1, 0.15) is 25.1 Å². The fraction of sp³-hybridized carbons (Fsp3) is 0.444. The molecule has 3 aromatic rings. The number of rotatable bonds is 9. The lowest BCUT2D eigenvalue weighted by atomic mass is 10.1. The van der Waals surface area contributed by atoms with Crippen LogP contribution in [0.15, 0.2) is 59.4 Å². The Balaban J connectivity index is 1.34. The van der Waals surface area contributed by atoms with Crippen molar-refractivity contribution < 1.29 is 4.74 Å². The standard InChI is InChI=1S/C27H37N5O2/c1-20(2)18-31-14-15-34-25(19-31)17-28-16-22-10-12-23(13-11-22)29-26-21(3)30(4)32(27(26)33)24-8-6-5-7-9-24/h5-13,20,25,28-29H,14-19H2,1-4H3/t25-/m1/s1. The second kappa shape index (κ2) is 11.0. The predicted molar refractivity (Wildman–Crippen MR) is 138 cm³/mol. The molecule has 0 radical (unpaired) electrons. The summed E-state index contributed by atoms with van der Waals surface area (Å²) >= 11 is 0. The fourth-order valence-electron chi connectivity index (χ4n) is 4.53. The van der Waals surface area contributed by atoms with Crippen LogP contribution in [0, 0.1) is 12.8 Å². The Morgan fingerprint density at radius 3 is 2.53 bits per heavy atom. The van der Waals surface area contributed by atoms with E-state index in [0.29, 0.717) is 11.6 Å². The molecule has 182 valence electrons. The summed E-state index contributed by atoms with van der Waals surface area (Å²) in [6.07, 6.45) is 0.237. The Morgan fingerprint density at radius 1 is 1.09 bits per heavy atom. The minimum atomic E-state index is -0.0593. The SMILES string of the molecule is Cc1c(Nc2ccc(CNC[C@@H]3CN(CC(C)C)CCO3)cc2)c(=O)n(-c2ccccc2)n1C. The lowest BCUT2D eigenvalue weighted by Crippen LogP contribution is -2.47. The second-order valence-corrected chi connectivity index (χ2v) is 9.54. The van der Waals surface area contributed by atoms with E-state index in [1.54, 1.807) is 4.68 Å². The van der Waals surface area contributed by atoms with Gasteiger partial charge in [-0.05, 0) is 42.7 Å². The first-order chi connectivity index (χ1) is 16.4. The Morgan fingerprint density at radius 2 is 1.82 bits per heavy atom. The number of benzene rings is 2. The minimum Gasteiger partial charge on any atom is -0.374 e. The average molecular weight is 464 g/mol. The topological polar surface area (TPSA) is 63.5 Å². The number of nitrogens with zero attached hydrogens (tertiary/aromatic N) is 3. The molecule has 1 aromatic heterocycles. The van der Waals surface area contributed by atoms with E-state index in [-0.39, 0.29) is 11.7 Å². The molecule has 34 heavy (non-hydrogen) atoms. The van der Waals surface area contributed by atoms with Gasteiger partial charge in [-0.3, -0.25) is 14.4 Å². The highest BCUT2D eigenvalue weighted by Crippen LogP contribution is 2.20. The zero-order valence-electron chi connectivity index (χ0n) is 20.8. The third-order valence-corrected chi connectivity index (χ3v) is 6.32. The van der Waals surface area contributed by atoms with Gasteiger partial charge in [-0.1, -0.05) is 44.2 Å². The van der Waals surface area contributed by atoms with E-state index in [4.69, 9.17) is 4.74 Å². The summed E-state index contributed by atoms with van der Waals surface area (Å²) in [6, 6.07) is 17.9. The third-order valence-electron chi connectivity index (χ3n) is 6.32. The van der Waals surface area contributed by atoms with Crippen LogP contribution in [-0.4, -0.2) is 53.2 Å². The highest BCUT2D eigenvalue weighted by Gasteiger charge is 2.20. The number of hydrogen-bond acceptors (Lipinski definition) is 5. The van der Waals surface area contributed by atoms with Crippen molar-refractivity contribution in [3.63, 3.8) is 0 Å². The summed E-state index contributed by atoms with van der Waals surface area (Å²) < 4.78 is 9.50. The maximum atomic E-state index is 13.1. The first kappa shape index (κ1) is 24.3. The number of anilines is 2. The molecule has 2 N–H and O–H groups in total. The van der Waals surface area contributed by atoms with E-state index < -0.39 is 0 Å². The average Bonchev–Trinajstić information content (AvgIpc) is 3.03. The van der Waals surface area contributed by atoms with Gasteiger partial charge < -0.3 is 15.4 Å². The molecule has 7 heteroatoms. The molecule has 0 amide bonds. The maximum Gasteiger partial charge on any atom is 0.295 e. The molecule has 1 aliphatic rings. The van der Waals surface area contributed by atoms with Crippen LogP contribution in [0.3, 0.4) is 0 Å². The summed E-state index contributed by atoms with van der Waals surface area (Å²) in [6.45, 7) is 12.1. The molecule has 2 heterocycles. The van der Waals surface area contributed by atoms with Gasteiger partial charge in [-0.2, -0.15) is 0 Å². The summed E-state index contributed by atoms with van der Waals surface area (Å²) in [5.41, 5.74) is 4.37. The van der Waals surface area contributed by atoms with E-state index in [1.807, 2.05) is 61.1 Å². The lowest BCUT2D eigenvalue weighted by molar-refractivity contribution is -0.0303. The normalized spacial score (nSPS) is 16.8. The molecule has 1 atom stereocenters. The summed E-state index contributed by atoms with van der Waals surface area (Å²) in [5, 5.41) is 6.86. The number of morpholine rings is 1. The molecule has 0 bridgehead atoms. The van der Waals surface area contributed by atoms with E-state index in [1.165, 1.54) is 5.56 Å². The molecular weight excluding hydrogens is 426 g/mol. The highest BCUT2D eigenvalue weighted by atomic mass is 16.5. The summed E-state index contributed by atoms with van der Waals surface area (Å²) in [4.78, 5) is 15.6. The van der Waals surface area contributed by atoms with Crippen LogP contribution in [-0.2, 0) is 18.3 Å². The van der Waals surface area contributed by atoms with Crippen LogP contribution in [0.25, 0.3) is 5.69 Å². The Kier molecular flexibility index (Phi) is 7.88. The van der Waals surface area contributed by atoms with Crippen LogP contribution < -0.4 is 16.2 Å². The van der Waals surface area contributed by atoms with Gasteiger partial charge in [0.15, 0.2) is 0 Å². The molecule has 1 saturated heterocycles. The monoisotopic (exact) mass is 463 g/mol. The van der Waals surface area contributed by atoms with Crippen molar-refractivity contribution >= 4 is 11.4 Å². The molecule has 7 nitrogen and oxygen atoms in total. The smallest absolute Gasteiger partial charge is 0.295 e. The van der Waals surface area contributed by atoms with Crippen molar-refractivity contribution in [1.29, 1.82) is 0 Å². The number of ether oxygens (including phenoxy) is 1. The van der Waals surface area contributed by atoms with Crippen molar-refractivity contribution in [2.75, 3.05) is 38.1 Å². The molecule has 1 aliphatic heterocycles. The van der Waals surface area contributed by atoms with Gasteiger partial charge in [0.1, 0.15) is 5.69 Å². The molecule has 2 aromatic carbocycles. The van der Waals surface area contributed by atoms with Crippen LogP contribution in [0.5, 0.6) is 0 Å². The first-order valence-electron chi connectivity index (χ1n) is 12.2. The maximum absolute atomic E-state index is 13.1.